The molecule has 124 valence electrons. The van der Waals surface area contributed by atoms with Gasteiger partial charge in [-0.2, -0.15) is 0 Å². The third-order valence-electron chi connectivity index (χ3n) is 4.83. The van der Waals surface area contributed by atoms with Crippen molar-refractivity contribution in [1.29, 1.82) is 0 Å². The minimum atomic E-state index is -0.376. The van der Waals surface area contributed by atoms with Gasteiger partial charge in [-0.15, -0.1) is 0 Å². The fraction of sp³-hybridized carbons (Fsp3) is 0.529. The highest BCUT2D eigenvalue weighted by Gasteiger charge is 2.31. The van der Waals surface area contributed by atoms with Crippen LogP contribution in [0.4, 0.5) is 0 Å². The van der Waals surface area contributed by atoms with Crippen LogP contribution in [0.25, 0.3) is 11.1 Å². The first-order chi connectivity index (χ1) is 11.1. The zero-order valence-corrected chi connectivity index (χ0v) is 13.6. The summed E-state index contributed by atoms with van der Waals surface area (Å²) in [7, 11) is 3.73. The summed E-state index contributed by atoms with van der Waals surface area (Å²) in [6.07, 6.45) is 2.25. The van der Waals surface area contributed by atoms with Crippen LogP contribution < -0.4 is 11.1 Å². The van der Waals surface area contributed by atoms with Crippen molar-refractivity contribution in [3.05, 3.63) is 34.8 Å². The summed E-state index contributed by atoms with van der Waals surface area (Å²) in [6, 6.07) is 7.24. The maximum atomic E-state index is 12.4. The molecule has 1 aliphatic heterocycles. The van der Waals surface area contributed by atoms with Crippen LogP contribution in [0.2, 0.25) is 0 Å². The number of amides is 1. The first-order valence-corrected chi connectivity index (χ1v) is 8.09. The topological polar surface area (TPSA) is 67.5 Å². The second-order valence-corrected chi connectivity index (χ2v) is 6.29. The molecule has 0 aliphatic carbocycles. The Morgan fingerprint density at radius 1 is 1.35 bits per heavy atom. The number of aromatic nitrogens is 1. The lowest BCUT2D eigenvalue weighted by Crippen LogP contribution is -2.38. The summed E-state index contributed by atoms with van der Waals surface area (Å²) in [6.45, 7) is 1.97. The Morgan fingerprint density at radius 2 is 2.04 bits per heavy atom. The molecule has 0 spiro atoms. The van der Waals surface area contributed by atoms with Gasteiger partial charge in [-0.1, -0.05) is 12.1 Å². The number of hydrogen-bond donors (Lipinski definition) is 1. The van der Waals surface area contributed by atoms with Crippen molar-refractivity contribution in [3.63, 3.8) is 0 Å². The molecule has 0 saturated carbocycles. The lowest BCUT2D eigenvalue weighted by molar-refractivity contribution is -0.121. The van der Waals surface area contributed by atoms with Crippen LogP contribution in [0.3, 0.4) is 0 Å². The Labute approximate surface area is 135 Å². The van der Waals surface area contributed by atoms with Crippen LogP contribution in [-0.2, 0) is 4.79 Å². The van der Waals surface area contributed by atoms with E-state index in [4.69, 9.17) is 4.42 Å². The molecule has 23 heavy (non-hydrogen) atoms. The van der Waals surface area contributed by atoms with Gasteiger partial charge in [0.1, 0.15) is 0 Å². The van der Waals surface area contributed by atoms with Crippen LogP contribution in [0.15, 0.2) is 33.5 Å². The Bertz CT molecular complexity index is 741. The normalized spacial score (nSPS) is 18.2. The zero-order valence-electron chi connectivity index (χ0n) is 13.6. The van der Waals surface area contributed by atoms with Crippen molar-refractivity contribution in [3.8, 4) is 0 Å². The first-order valence-electron chi connectivity index (χ1n) is 8.09. The SMILES string of the molecule is CNC(=O)CC(C1CCN(C)CC1)n1c(=O)oc2ccccc21. The van der Waals surface area contributed by atoms with Crippen molar-refractivity contribution < 1.29 is 9.21 Å². The molecule has 1 atom stereocenters. The molecule has 1 unspecified atom stereocenters. The molecule has 6 heteroatoms. The van der Waals surface area contributed by atoms with Gasteiger partial charge >= 0.3 is 5.76 Å². The van der Waals surface area contributed by atoms with Gasteiger partial charge in [0.15, 0.2) is 5.58 Å². The second kappa shape index (κ2) is 6.58. The molecule has 0 radical (unpaired) electrons. The summed E-state index contributed by atoms with van der Waals surface area (Å²) >= 11 is 0. The van der Waals surface area contributed by atoms with E-state index >= 15 is 0 Å². The molecule has 1 aromatic heterocycles. The highest BCUT2D eigenvalue weighted by molar-refractivity contribution is 5.77. The van der Waals surface area contributed by atoms with E-state index in [1.54, 1.807) is 17.7 Å². The summed E-state index contributed by atoms with van der Waals surface area (Å²) in [5.74, 6) is -0.132. The van der Waals surface area contributed by atoms with Gasteiger partial charge in [-0.05, 0) is 51.0 Å². The fourth-order valence-corrected chi connectivity index (χ4v) is 3.47. The number of piperidine rings is 1. The number of oxazole rings is 1. The molecule has 1 amide bonds. The van der Waals surface area contributed by atoms with Gasteiger partial charge < -0.3 is 14.6 Å². The minimum absolute atomic E-state index is 0.0499. The van der Waals surface area contributed by atoms with Crippen molar-refractivity contribution in [2.45, 2.75) is 25.3 Å². The van der Waals surface area contributed by atoms with E-state index in [1.807, 2.05) is 18.2 Å². The number of carbonyl (C=O) groups is 1. The molecule has 1 aliphatic rings. The number of nitrogens with zero attached hydrogens (tertiary/aromatic N) is 2. The lowest BCUT2D eigenvalue weighted by Gasteiger charge is -2.34. The standard InChI is InChI=1S/C17H23N3O3/c1-18-16(21)11-14(12-7-9-19(2)10-8-12)20-13-5-3-4-6-15(13)23-17(20)22/h3-6,12,14H,7-11H2,1-2H3,(H,18,21). The summed E-state index contributed by atoms with van der Waals surface area (Å²) in [4.78, 5) is 26.7. The molecule has 2 heterocycles. The molecule has 3 rings (SSSR count). The molecule has 2 aromatic rings. The predicted octanol–water partition coefficient (Wildman–Crippen LogP) is 1.61. The lowest BCUT2D eigenvalue weighted by atomic mass is 9.87. The van der Waals surface area contributed by atoms with E-state index < -0.39 is 0 Å². The third-order valence-corrected chi connectivity index (χ3v) is 4.83. The van der Waals surface area contributed by atoms with Crippen LogP contribution in [0, 0.1) is 5.92 Å². The van der Waals surface area contributed by atoms with Gasteiger partial charge in [0.05, 0.1) is 11.6 Å². The Morgan fingerprint density at radius 3 is 2.74 bits per heavy atom. The van der Waals surface area contributed by atoms with Crippen molar-refractivity contribution in [2.24, 2.45) is 5.92 Å². The number of nitrogens with one attached hydrogen (secondary N) is 1. The Balaban J connectivity index is 2.01. The van der Waals surface area contributed by atoms with E-state index in [-0.39, 0.29) is 17.7 Å². The summed E-state index contributed by atoms with van der Waals surface area (Å²) in [5, 5.41) is 2.68. The number of fused-ring (bicyclic) bond motifs is 1. The average Bonchev–Trinajstić information content (AvgIpc) is 2.89. The van der Waals surface area contributed by atoms with Gasteiger partial charge in [0.25, 0.3) is 0 Å². The number of hydrogen-bond acceptors (Lipinski definition) is 4. The smallest absolute Gasteiger partial charge is 0.408 e. The highest BCUT2D eigenvalue weighted by Crippen LogP contribution is 2.32. The number of para-hydroxylation sites is 2. The second-order valence-electron chi connectivity index (χ2n) is 6.29. The monoisotopic (exact) mass is 317 g/mol. The summed E-state index contributed by atoms with van der Waals surface area (Å²) < 4.78 is 7.05. The number of likely N-dealkylation sites (tertiary alicyclic amines) is 1. The predicted molar refractivity (Wildman–Crippen MR) is 88.4 cm³/mol. The Kier molecular flexibility index (Phi) is 4.52. The minimum Gasteiger partial charge on any atom is -0.408 e. The molecule has 1 saturated heterocycles. The maximum absolute atomic E-state index is 12.4. The van der Waals surface area contributed by atoms with Crippen LogP contribution in [0.1, 0.15) is 25.3 Å². The molecule has 6 nitrogen and oxygen atoms in total. The number of benzene rings is 1. The third kappa shape index (κ3) is 3.17. The first kappa shape index (κ1) is 15.8. The molecule has 0 bridgehead atoms. The van der Waals surface area contributed by atoms with Gasteiger partial charge in [0, 0.05) is 13.5 Å². The average molecular weight is 317 g/mol. The van der Waals surface area contributed by atoms with E-state index in [2.05, 4.69) is 17.3 Å². The van der Waals surface area contributed by atoms with E-state index in [0.29, 0.717) is 17.9 Å². The fourth-order valence-electron chi connectivity index (χ4n) is 3.47. The molecule has 1 fully saturated rings. The van der Waals surface area contributed by atoms with E-state index in [1.165, 1.54) is 0 Å². The zero-order chi connectivity index (χ0) is 16.4. The van der Waals surface area contributed by atoms with Crippen molar-refractivity contribution in [1.82, 2.24) is 14.8 Å². The largest absolute Gasteiger partial charge is 0.420 e. The van der Waals surface area contributed by atoms with Gasteiger partial charge in [0.2, 0.25) is 5.91 Å². The van der Waals surface area contributed by atoms with Crippen molar-refractivity contribution in [2.75, 3.05) is 27.2 Å². The van der Waals surface area contributed by atoms with Gasteiger partial charge in [-0.3, -0.25) is 9.36 Å². The number of carbonyl (C=O) groups excluding carboxylic acids is 1. The van der Waals surface area contributed by atoms with Crippen molar-refractivity contribution >= 4 is 17.0 Å². The molecule has 1 N–H and O–H groups in total. The van der Waals surface area contributed by atoms with E-state index in [9.17, 15) is 9.59 Å². The summed E-state index contributed by atoms with van der Waals surface area (Å²) in [5.41, 5.74) is 1.35. The molecule has 1 aromatic carbocycles. The highest BCUT2D eigenvalue weighted by atomic mass is 16.4. The molecular weight excluding hydrogens is 294 g/mol. The van der Waals surface area contributed by atoms with Gasteiger partial charge in [-0.25, -0.2) is 4.79 Å². The van der Waals surface area contributed by atoms with Crippen LogP contribution in [0.5, 0.6) is 0 Å². The number of rotatable bonds is 4. The maximum Gasteiger partial charge on any atom is 0.420 e. The van der Waals surface area contributed by atoms with Crippen LogP contribution in [-0.4, -0.2) is 42.6 Å². The molecular formula is C17H23N3O3. The quantitative estimate of drug-likeness (QED) is 0.930. The van der Waals surface area contributed by atoms with E-state index in [0.717, 1.165) is 31.4 Å². The Hall–Kier alpha value is -2.08. The van der Waals surface area contributed by atoms with Crippen LogP contribution >= 0.6 is 0 Å².